The Labute approximate surface area is 110 Å². The van der Waals surface area contributed by atoms with Crippen molar-refractivity contribution in [3.8, 4) is 0 Å². The lowest BCUT2D eigenvalue weighted by atomic mass is 10.1. The molecule has 1 aromatic heterocycles. The van der Waals surface area contributed by atoms with Crippen molar-refractivity contribution in [2.75, 3.05) is 11.9 Å². The molecule has 10 heteroatoms. The largest absolute Gasteiger partial charge is 0.480 e. The molecule has 0 saturated heterocycles. The van der Waals surface area contributed by atoms with Crippen molar-refractivity contribution in [1.82, 2.24) is 4.98 Å². The standard InChI is InChI=1S/C10H9F3N4O3/c11-10(12,13)6-1-4(8(14)9(15)20)5(2-17-6)16-3-7(18)19/h1-2,14,16H,3H2,(H2,15,20)(H,18,19). The summed E-state index contributed by atoms with van der Waals surface area (Å²) in [6, 6.07) is 0.456. The van der Waals surface area contributed by atoms with Crippen LogP contribution < -0.4 is 11.1 Å². The monoisotopic (exact) mass is 290 g/mol. The second-order valence-electron chi connectivity index (χ2n) is 3.60. The van der Waals surface area contributed by atoms with Crippen LogP contribution in [0.4, 0.5) is 18.9 Å². The number of nitrogens with two attached hydrogens (primary N) is 1. The first-order valence-electron chi connectivity index (χ1n) is 5.04. The Bertz CT molecular complexity index is 571. The predicted molar refractivity (Wildman–Crippen MR) is 61.4 cm³/mol. The number of nitrogens with zero attached hydrogens (tertiary/aromatic N) is 1. The van der Waals surface area contributed by atoms with Gasteiger partial charge < -0.3 is 16.2 Å². The molecule has 0 fully saturated rings. The molecule has 1 rings (SSSR count). The van der Waals surface area contributed by atoms with Crippen molar-refractivity contribution >= 4 is 23.3 Å². The smallest absolute Gasteiger partial charge is 0.433 e. The molecule has 0 aromatic carbocycles. The summed E-state index contributed by atoms with van der Waals surface area (Å²) in [6.07, 6.45) is -4.07. The van der Waals surface area contributed by atoms with Gasteiger partial charge in [0.15, 0.2) is 0 Å². The third-order valence-corrected chi connectivity index (χ3v) is 2.14. The number of carbonyl (C=O) groups is 2. The highest BCUT2D eigenvalue weighted by molar-refractivity contribution is 6.44. The number of halogens is 3. The fraction of sp³-hybridized carbons (Fsp3) is 0.200. The normalized spacial score (nSPS) is 10.9. The highest BCUT2D eigenvalue weighted by Gasteiger charge is 2.33. The molecule has 0 bridgehead atoms. The van der Waals surface area contributed by atoms with Gasteiger partial charge >= 0.3 is 12.1 Å². The van der Waals surface area contributed by atoms with Gasteiger partial charge in [0.05, 0.1) is 11.9 Å². The number of carboxylic acids is 1. The summed E-state index contributed by atoms with van der Waals surface area (Å²) in [5.41, 5.74) is 1.96. The Morgan fingerprint density at radius 1 is 1.45 bits per heavy atom. The molecule has 0 unspecified atom stereocenters. The number of primary amides is 1. The quantitative estimate of drug-likeness (QED) is 0.585. The minimum atomic E-state index is -4.77. The molecule has 108 valence electrons. The number of rotatable bonds is 5. The maximum atomic E-state index is 12.5. The Hall–Kier alpha value is -2.65. The number of amides is 1. The van der Waals surface area contributed by atoms with Crippen LogP contribution in [0.5, 0.6) is 0 Å². The third kappa shape index (κ3) is 3.67. The lowest BCUT2D eigenvalue weighted by Gasteiger charge is -2.13. The van der Waals surface area contributed by atoms with E-state index in [0.29, 0.717) is 12.3 Å². The van der Waals surface area contributed by atoms with Crippen LogP contribution in [0.15, 0.2) is 12.3 Å². The second-order valence-corrected chi connectivity index (χ2v) is 3.60. The van der Waals surface area contributed by atoms with Crippen LogP contribution in [0.1, 0.15) is 11.3 Å². The minimum Gasteiger partial charge on any atom is -0.480 e. The van der Waals surface area contributed by atoms with Gasteiger partial charge in [0.1, 0.15) is 18.0 Å². The number of carboxylic acid groups (broad SMARTS) is 1. The number of aliphatic carboxylic acids is 1. The summed E-state index contributed by atoms with van der Waals surface area (Å²) in [5.74, 6) is -2.52. The number of carbonyl (C=O) groups excluding carboxylic acids is 1. The fourth-order valence-corrected chi connectivity index (χ4v) is 1.26. The SMILES string of the molecule is N=C(C(N)=O)c1cc(C(F)(F)F)ncc1NCC(=O)O. The first-order chi connectivity index (χ1) is 9.12. The van der Waals surface area contributed by atoms with Crippen LogP contribution in [0, 0.1) is 5.41 Å². The van der Waals surface area contributed by atoms with E-state index in [0.717, 1.165) is 0 Å². The molecule has 1 heterocycles. The fourth-order valence-electron chi connectivity index (χ4n) is 1.26. The van der Waals surface area contributed by atoms with Gasteiger partial charge in [-0.2, -0.15) is 13.2 Å². The molecule has 1 aromatic rings. The number of aromatic nitrogens is 1. The van der Waals surface area contributed by atoms with E-state index in [1.807, 2.05) is 0 Å². The predicted octanol–water partition coefficient (Wildman–Crippen LogP) is 0.450. The zero-order chi connectivity index (χ0) is 15.5. The summed E-state index contributed by atoms with van der Waals surface area (Å²) >= 11 is 0. The molecule has 1 amide bonds. The van der Waals surface area contributed by atoms with Gasteiger partial charge in [-0.25, -0.2) is 4.98 Å². The summed E-state index contributed by atoms with van der Waals surface area (Å²) in [6.45, 7) is -0.619. The molecule has 20 heavy (non-hydrogen) atoms. The summed E-state index contributed by atoms with van der Waals surface area (Å²) in [5, 5.41) is 18.1. The number of pyridine rings is 1. The second kappa shape index (κ2) is 5.55. The summed E-state index contributed by atoms with van der Waals surface area (Å²) in [7, 11) is 0. The van der Waals surface area contributed by atoms with Crippen molar-refractivity contribution in [3.63, 3.8) is 0 Å². The number of nitrogens with one attached hydrogen (secondary N) is 2. The van der Waals surface area contributed by atoms with Crippen LogP contribution in [0.25, 0.3) is 0 Å². The lowest BCUT2D eigenvalue weighted by molar-refractivity contribution is -0.141. The van der Waals surface area contributed by atoms with Crippen LogP contribution in [0.3, 0.4) is 0 Å². The molecule has 0 saturated carbocycles. The zero-order valence-electron chi connectivity index (χ0n) is 9.78. The molecular weight excluding hydrogens is 281 g/mol. The maximum absolute atomic E-state index is 12.5. The highest BCUT2D eigenvalue weighted by atomic mass is 19.4. The number of anilines is 1. The molecule has 0 aliphatic rings. The average Bonchev–Trinajstić information content (AvgIpc) is 2.33. The molecule has 0 aliphatic carbocycles. The average molecular weight is 290 g/mol. The van der Waals surface area contributed by atoms with Gasteiger partial charge in [0.25, 0.3) is 5.91 Å². The Morgan fingerprint density at radius 2 is 2.05 bits per heavy atom. The van der Waals surface area contributed by atoms with Gasteiger partial charge in [-0.15, -0.1) is 0 Å². The topological polar surface area (TPSA) is 129 Å². The molecule has 5 N–H and O–H groups in total. The van der Waals surface area contributed by atoms with Crippen LogP contribution in [-0.4, -0.2) is 34.2 Å². The maximum Gasteiger partial charge on any atom is 0.433 e. The van der Waals surface area contributed by atoms with E-state index in [9.17, 15) is 22.8 Å². The first kappa shape index (κ1) is 15.4. The van der Waals surface area contributed by atoms with E-state index >= 15 is 0 Å². The molecule has 0 aliphatic heterocycles. The van der Waals surface area contributed by atoms with Crippen molar-refractivity contribution in [1.29, 1.82) is 5.41 Å². The first-order valence-corrected chi connectivity index (χ1v) is 5.04. The van der Waals surface area contributed by atoms with Crippen LogP contribution >= 0.6 is 0 Å². The van der Waals surface area contributed by atoms with E-state index in [4.69, 9.17) is 16.2 Å². The van der Waals surface area contributed by atoms with E-state index in [1.54, 1.807) is 0 Å². The number of hydrogen-bond acceptors (Lipinski definition) is 5. The third-order valence-electron chi connectivity index (χ3n) is 2.14. The molecule has 0 atom stereocenters. The van der Waals surface area contributed by atoms with E-state index in [-0.39, 0.29) is 5.69 Å². The summed E-state index contributed by atoms with van der Waals surface area (Å²) < 4.78 is 37.5. The van der Waals surface area contributed by atoms with Crippen molar-refractivity contribution in [2.24, 2.45) is 5.73 Å². The minimum absolute atomic E-state index is 0.204. The van der Waals surface area contributed by atoms with Gasteiger partial charge in [-0.3, -0.25) is 15.0 Å². The van der Waals surface area contributed by atoms with Gasteiger partial charge in [0.2, 0.25) is 0 Å². The van der Waals surface area contributed by atoms with Crippen LogP contribution in [0.2, 0.25) is 0 Å². The zero-order valence-corrected chi connectivity index (χ0v) is 9.78. The Balaban J connectivity index is 3.27. The molecule has 0 spiro atoms. The van der Waals surface area contributed by atoms with E-state index in [2.05, 4.69) is 10.3 Å². The van der Waals surface area contributed by atoms with Crippen molar-refractivity contribution < 1.29 is 27.9 Å². The Kier molecular flexibility index (Phi) is 4.27. The molecule has 7 nitrogen and oxygen atoms in total. The summed E-state index contributed by atoms with van der Waals surface area (Å²) in [4.78, 5) is 24.4. The van der Waals surface area contributed by atoms with E-state index < -0.39 is 41.6 Å². The highest BCUT2D eigenvalue weighted by Crippen LogP contribution is 2.30. The van der Waals surface area contributed by atoms with Gasteiger partial charge in [0, 0.05) is 5.56 Å². The molecule has 0 radical (unpaired) electrons. The lowest BCUT2D eigenvalue weighted by Crippen LogP contribution is -2.26. The number of alkyl halides is 3. The van der Waals surface area contributed by atoms with Gasteiger partial charge in [-0.05, 0) is 6.07 Å². The van der Waals surface area contributed by atoms with E-state index in [1.165, 1.54) is 0 Å². The van der Waals surface area contributed by atoms with Crippen molar-refractivity contribution in [2.45, 2.75) is 6.18 Å². The molecular formula is C10H9F3N4O3. The van der Waals surface area contributed by atoms with Gasteiger partial charge in [-0.1, -0.05) is 0 Å². The Morgan fingerprint density at radius 3 is 2.50 bits per heavy atom. The number of hydrogen-bond donors (Lipinski definition) is 4. The van der Waals surface area contributed by atoms with Crippen LogP contribution in [-0.2, 0) is 15.8 Å². The van der Waals surface area contributed by atoms with Crippen molar-refractivity contribution in [3.05, 3.63) is 23.5 Å².